The van der Waals surface area contributed by atoms with Crippen molar-refractivity contribution in [3.63, 3.8) is 0 Å². The molecule has 0 bridgehead atoms. The second kappa shape index (κ2) is 5.71. The van der Waals surface area contributed by atoms with Gasteiger partial charge in [0.05, 0.1) is 24.8 Å². The molecule has 1 aliphatic heterocycles. The highest BCUT2D eigenvalue weighted by Crippen LogP contribution is 2.47. The first-order chi connectivity index (χ1) is 12.2. The fourth-order valence-corrected chi connectivity index (χ4v) is 3.69. The largest absolute Gasteiger partial charge is 0.497 e. The van der Waals surface area contributed by atoms with Crippen LogP contribution in [0.3, 0.4) is 0 Å². The van der Waals surface area contributed by atoms with Crippen molar-refractivity contribution in [3.05, 3.63) is 70.8 Å². The molecule has 0 amide bonds. The third-order valence-electron chi connectivity index (χ3n) is 4.92. The molecule has 4 rings (SSSR count). The van der Waals surface area contributed by atoms with E-state index in [0.717, 1.165) is 22.6 Å². The SMILES string of the molecule is COc1ccc([C@@H]2C3=C(N=C(C)C2C#N)c2ccccc2C3=O)cc1. The number of ketones is 1. The monoisotopic (exact) mass is 328 g/mol. The van der Waals surface area contributed by atoms with Crippen molar-refractivity contribution in [2.45, 2.75) is 12.8 Å². The third kappa shape index (κ3) is 2.20. The number of allylic oxidation sites excluding steroid dienone is 1. The molecule has 2 aliphatic rings. The van der Waals surface area contributed by atoms with Gasteiger partial charge in [0, 0.05) is 28.3 Å². The molecule has 0 fully saturated rings. The second-order valence-electron chi connectivity index (χ2n) is 6.25. The minimum Gasteiger partial charge on any atom is -0.497 e. The van der Waals surface area contributed by atoms with Crippen LogP contribution in [-0.2, 0) is 0 Å². The summed E-state index contributed by atoms with van der Waals surface area (Å²) in [5.41, 5.74) is 4.54. The fourth-order valence-electron chi connectivity index (χ4n) is 3.69. The van der Waals surface area contributed by atoms with Crippen molar-refractivity contribution < 1.29 is 9.53 Å². The highest BCUT2D eigenvalue weighted by molar-refractivity contribution is 6.23. The second-order valence-corrected chi connectivity index (χ2v) is 6.25. The minimum absolute atomic E-state index is 0.0251. The number of benzene rings is 2. The first kappa shape index (κ1) is 15.3. The van der Waals surface area contributed by atoms with E-state index in [4.69, 9.17) is 4.74 Å². The van der Waals surface area contributed by atoms with Gasteiger partial charge in [0.1, 0.15) is 5.75 Å². The summed E-state index contributed by atoms with van der Waals surface area (Å²) in [4.78, 5) is 17.7. The number of rotatable bonds is 2. The van der Waals surface area contributed by atoms with Crippen LogP contribution >= 0.6 is 0 Å². The van der Waals surface area contributed by atoms with Crippen molar-refractivity contribution >= 4 is 17.2 Å². The number of carbonyl (C=O) groups excluding carboxylic acids is 1. The molecule has 2 aromatic carbocycles. The Morgan fingerprint density at radius 2 is 1.76 bits per heavy atom. The van der Waals surface area contributed by atoms with E-state index in [0.29, 0.717) is 16.8 Å². The number of hydrogen-bond donors (Lipinski definition) is 0. The summed E-state index contributed by atoms with van der Waals surface area (Å²) < 4.78 is 5.22. The quantitative estimate of drug-likeness (QED) is 0.837. The normalized spacial score (nSPS) is 21.3. The molecular weight excluding hydrogens is 312 g/mol. The van der Waals surface area contributed by atoms with Gasteiger partial charge >= 0.3 is 0 Å². The lowest BCUT2D eigenvalue weighted by molar-refractivity contribution is 0.103. The number of aliphatic imine (C=N–C) groups is 1. The Labute approximate surface area is 146 Å². The van der Waals surface area contributed by atoms with Gasteiger partial charge in [0.2, 0.25) is 0 Å². The summed E-state index contributed by atoms with van der Waals surface area (Å²) in [5.74, 6) is -0.0506. The molecule has 0 spiro atoms. The Morgan fingerprint density at radius 3 is 2.40 bits per heavy atom. The Bertz CT molecular complexity index is 978. The van der Waals surface area contributed by atoms with Crippen LogP contribution in [0.1, 0.15) is 34.3 Å². The first-order valence-electron chi connectivity index (χ1n) is 8.12. The number of hydrogen-bond acceptors (Lipinski definition) is 4. The lowest BCUT2D eigenvalue weighted by Gasteiger charge is -2.27. The van der Waals surface area contributed by atoms with Gasteiger partial charge in [-0.15, -0.1) is 0 Å². The van der Waals surface area contributed by atoms with Crippen molar-refractivity contribution in [3.8, 4) is 11.8 Å². The lowest BCUT2D eigenvalue weighted by Crippen LogP contribution is -2.26. The molecule has 4 nitrogen and oxygen atoms in total. The Kier molecular flexibility index (Phi) is 3.51. The number of fused-ring (bicyclic) bond motifs is 2. The molecule has 1 aliphatic carbocycles. The molecule has 2 aromatic rings. The maximum atomic E-state index is 13.0. The van der Waals surface area contributed by atoms with Crippen molar-refractivity contribution in [2.24, 2.45) is 10.9 Å². The molecule has 0 saturated carbocycles. The summed E-state index contributed by atoms with van der Waals surface area (Å²) >= 11 is 0. The van der Waals surface area contributed by atoms with Crippen molar-refractivity contribution in [2.75, 3.05) is 7.11 Å². The number of Topliss-reactive ketones (excluding diaryl/α,β-unsaturated/α-hetero) is 1. The third-order valence-corrected chi connectivity index (χ3v) is 4.92. The van der Waals surface area contributed by atoms with Crippen LogP contribution < -0.4 is 4.74 Å². The average molecular weight is 328 g/mol. The molecule has 0 aromatic heterocycles. The molecule has 25 heavy (non-hydrogen) atoms. The summed E-state index contributed by atoms with van der Waals surface area (Å²) in [6.45, 7) is 1.86. The predicted octanol–water partition coefficient (Wildman–Crippen LogP) is 4.00. The van der Waals surface area contributed by atoms with Crippen LogP contribution in [0.25, 0.3) is 5.70 Å². The van der Waals surface area contributed by atoms with E-state index < -0.39 is 5.92 Å². The summed E-state index contributed by atoms with van der Waals surface area (Å²) in [6.07, 6.45) is 0. The van der Waals surface area contributed by atoms with E-state index in [1.807, 2.05) is 55.5 Å². The minimum atomic E-state index is -0.453. The highest BCUT2D eigenvalue weighted by atomic mass is 16.5. The summed E-state index contributed by atoms with van der Waals surface area (Å²) in [6, 6.07) is 17.4. The fraction of sp³-hybridized carbons (Fsp3) is 0.190. The van der Waals surface area contributed by atoms with Gasteiger partial charge in [-0.05, 0) is 24.6 Å². The van der Waals surface area contributed by atoms with E-state index in [9.17, 15) is 10.1 Å². The van der Waals surface area contributed by atoms with Crippen molar-refractivity contribution in [1.29, 1.82) is 5.26 Å². The van der Waals surface area contributed by atoms with E-state index in [-0.39, 0.29) is 11.7 Å². The van der Waals surface area contributed by atoms with Crippen molar-refractivity contribution in [1.82, 2.24) is 0 Å². The number of carbonyl (C=O) groups is 1. The van der Waals surface area contributed by atoms with Crippen LogP contribution in [-0.4, -0.2) is 18.6 Å². The molecule has 1 heterocycles. The van der Waals surface area contributed by atoms with Gasteiger partial charge < -0.3 is 4.74 Å². The van der Waals surface area contributed by atoms with Crippen LogP contribution in [0.5, 0.6) is 5.75 Å². The average Bonchev–Trinajstić information content (AvgIpc) is 2.93. The molecule has 0 saturated heterocycles. The molecule has 0 radical (unpaired) electrons. The lowest BCUT2D eigenvalue weighted by atomic mass is 9.76. The highest BCUT2D eigenvalue weighted by Gasteiger charge is 2.42. The van der Waals surface area contributed by atoms with Gasteiger partial charge in [-0.1, -0.05) is 36.4 Å². The zero-order valence-corrected chi connectivity index (χ0v) is 14.0. The van der Waals surface area contributed by atoms with Gasteiger partial charge in [0.25, 0.3) is 0 Å². The molecule has 1 unspecified atom stereocenters. The van der Waals surface area contributed by atoms with Crippen LogP contribution in [0.2, 0.25) is 0 Å². The Morgan fingerprint density at radius 1 is 1.08 bits per heavy atom. The van der Waals surface area contributed by atoms with Gasteiger partial charge in [-0.3, -0.25) is 9.79 Å². The van der Waals surface area contributed by atoms with E-state index in [2.05, 4.69) is 11.1 Å². The number of methoxy groups -OCH3 is 1. The maximum Gasteiger partial charge on any atom is 0.192 e. The molecule has 4 heteroatoms. The predicted molar refractivity (Wildman–Crippen MR) is 95.6 cm³/mol. The molecule has 122 valence electrons. The molecule has 2 atom stereocenters. The van der Waals surface area contributed by atoms with Crippen LogP contribution in [0, 0.1) is 17.2 Å². The first-order valence-corrected chi connectivity index (χ1v) is 8.12. The van der Waals surface area contributed by atoms with E-state index in [1.165, 1.54) is 0 Å². The molecule has 0 N–H and O–H groups in total. The van der Waals surface area contributed by atoms with Gasteiger partial charge in [0.15, 0.2) is 5.78 Å². The number of nitriles is 1. The Balaban J connectivity index is 1.92. The van der Waals surface area contributed by atoms with E-state index in [1.54, 1.807) is 7.11 Å². The summed E-state index contributed by atoms with van der Waals surface area (Å²) in [5, 5.41) is 9.73. The van der Waals surface area contributed by atoms with Crippen LogP contribution in [0.4, 0.5) is 0 Å². The smallest absolute Gasteiger partial charge is 0.192 e. The zero-order valence-electron chi connectivity index (χ0n) is 14.0. The van der Waals surface area contributed by atoms with Gasteiger partial charge in [-0.2, -0.15) is 5.26 Å². The molecular formula is C21H16N2O2. The standard InChI is InChI=1S/C21H16N2O2/c1-12-17(11-22)18(13-7-9-14(25-2)10-8-13)19-20(23-12)15-5-3-4-6-16(15)21(19)24/h3-10,17-18H,1-2H3/t17?,18-/m0/s1. The zero-order chi connectivity index (χ0) is 17.6. The number of ether oxygens (including phenoxy) is 1. The number of nitrogens with zero attached hydrogens (tertiary/aromatic N) is 2. The van der Waals surface area contributed by atoms with E-state index >= 15 is 0 Å². The maximum absolute atomic E-state index is 13.0. The van der Waals surface area contributed by atoms with Crippen LogP contribution in [0.15, 0.2) is 59.1 Å². The topological polar surface area (TPSA) is 62.4 Å². The Hall–Kier alpha value is -3.19. The summed E-state index contributed by atoms with van der Waals surface area (Å²) in [7, 11) is 1.61. The van der Waals surface area contributed by atoms with Gasteiger partial charge in [-0.25, -0.2) is 0 Å².